The van der Waals surface area contributed by atoms with Crippen molar-refractivity contribution in [1.82, 2.24) is 20.2 Å². The normalized spacial score (nSPS) is 20.1. The van der Waals surface area contributed by atoms with Crippen LogP contribution in [0.5, 0.6) is 0 Å². The third kappa shape index (κ3) is 5.64. The van der Waals surface area contributed by atoms with Crippen molar-refractivity contribution in [2.75, 3.05) is 62.2 Å². The molecule has 8 heteroatoms. The van der Waals surface area contributed by atoms with Crippen LogP contribution in [-0.2, 0) is 11.3 Å². The topological polar surface area (TPSA) is 69.1 Å². The van der Waals surface area contributed by atoms with Gasteiger partial charge >= 0.3 is 0 Å². The molecule has 0 amide bonds. The number of nitrogens with one attached hydrogen (secondary N) is 1. The van der Waals surface area contributed by atoms with Gasteiger partial charge in [-0.05, 0) is 37.6 Å². The van der Waals surface area contributed by atoms with E-state index in [9.17, 15) is 0 Å². The molecule has 0 saturated carbocycles. The van der Waals surface area contributed by atoms with Gasteiger partial charge < -0.3 is 24.8 Å². The molecule has 2 saturated heterocycles. The van der Waals surface area contributed by atoms with Crippen molar-refractivity contribution >= 4 is 17.6 Å². The second-order valence-electron chi connectivity index (χ2n) is 7.98. The smallest absolute Gasteiger partial charge is 0.194 e. The van der Waals surface area contributed by atoms with E-state index in [2.05, 4.69) is 62.0 Å². The molecule has 0 aromatic carbocycles. The van der Waals surface area contributed by atoms with Gasteiger partial charge in [0.25, 0.3) is 0 Å². The number of pyridine rings is 2. The van der Waals surface area contributed by atoms with Crippen molar-refractivity contribution in [3.05, 3.63) is 48.3 Å². The number of piperazine rings is 1. The second kappa shape index (κ2) is 10.4. The Labute approximate surface area is 184 Å². The predicted molar refractivity (Wildman–Crippen MR) is 125 cm³/mol. The molecule has 0 bridgehead atoms. The van der Waals surface area contributed by atoms with E-state index in [1.54, 1.807) is 0 Å². The first-order valence-corrected chi connectivity index (χ1v) is 11.2. The number of morpholine rings is 1. The lowest BCUT2D eigenvalue weighted by Crippen LogP contribution is -2.52. The first kappa shape index (κ1) is 21.4. The predicted octanol–water partition coefficient (Wildman–Crippen LogP) is 1.99. The minimum absolute atomic E-state index is 0.251. The largest absolute Gasteiger partial charge is 0.375 e. The number of hydrogen-bond acceptors (Lipinski definition) is 6. The van der Waals surface area contributed by atoms with E-state index in [1.807, 2.05) is 24.5 Å². The molecule has 2 aliphatic rings. The number of aromatic nitrogens is 2. The van der Waals surface area contributed by atoms with Crippen molar-refractivity contribution in [1.29, 1.82) is 0 Å². The van der Waals surface area contributed by atoms with E-state index >= 15 is 0 Å². The highest BCUT2D eigenvalue weighted by molar-refractivity contribution is 5.80. The standard InChI is InChI=1S/C23H33N7O/c1-3-24-23(29-12-10-28(11-13-29)21-6-4-5-9-25-21)27-17-20-7-8-22(26-16-20)30-14-15-31-19(2)18-30/h4-9,16,19H,3,10-15,17-18H2,1-2H3,(H,24,27). The molecule has 2 fully saturated rings. The molecule has 0 radical (unpaired) electrons. The summed E-state index contributed by atoms with van der Waals surface area (Å²) < 4.78 is 5.63. The average molecular weight is 424 g/mol. The molecule has 1 atom stereocenters. The lowest BCUT2D eigenvalue weighted by Gasteiger charge is -2.37. The van der Waals surface area contributed by atoms with Crippen molar-refractivity contribution in [2.45, 2.75) is 26.5 Å². The van der Waals surface area contributed by atoms with Crippen LogP contribution in [-0.4, -0.2) is 79.4 Å². The van der Waals surface area contributed by atoms with Crippen LogP contribution in [0.25, 0.3) is 0 Å². The molecule has 0 spiro atoms. The summed E-state index contributed by atoms with van der Waals surface area (Å²) in [6.07, 6.45) is 4.05. The van der Waals surface area contributed by atoms with Crippen LogP contribution in [0, 0.1) is 0 Å². The van der Waals surface area contributed by atoms with Crippen molar-refractivity contribution in [2.24, 2.45) is 4.99 Å². The first-order valence-electron chi connectivity index (χ1n) is 11.2. The van der Waals surface area contributed by atoms with Gasteiger partial charge in [-0.2, -0.15) is 0 Å². The first-order chi connectivity index (χ1) is 15.2. The Morgan fingerprint density at radius 2 is 1.90 bits per heavy atom. The molecule has 1 unspecified atom stereocenters. The number of aliphatic imine (C=N–C) groups is 1. The lowest BCUT2D eigenvalue weighted by molar-refractivity contribution is 0.0529. The summed E-state index contributed by atoms with van der Waals surface area (Å²) in [7, 11) is 0. The Hall–Kier alpha value is -2.87. The van der Waals surface area contributed by atoms with Crippen molar-refractivity contribution < 1.29 is 4.74 Å². The van der Waals surface area contributed by atoms with Gasteiger partial charge in [0.1, 0.15) is 11.6 Å². The van der Waals surface area contributed by atoms with Crippen LogP contribution in [0.4, 0.5) is 11.6 Å². The quantitative estimate of drug-likeness (QED) is 0.583. The molecule has 0 aliphatic carbocycles. The summed E-state index contributed by atoms with van der Waals surface area (Å²) in [4.78, 5) is 21.0. The van der Waals surface area contributed by atoms with Crippen LogP contribution in [0.2, 0.25) is 0 Å². The Kier molecular flexibility index (Phi) is 7.19. The Balaban J connectivity index is 1.34. The molecule has 2 aromatic rings. The highest BCUT2D eigenvalue weighted by Crippen LogP contribution is 2.16. The summed E-state index contributed by atoms with van der Waals surface area (Å²) in [5.41, 5.74) is 1.12. The maximum Gasteiger partial charge on any atom is 0.194 e. The molecular formula is C23H33N7O. The van der Waals surface area contributed by atoms with Gasteiger partial charge in [-0.3, -0.25) is 0 Å². The molecule has 1 N–H and O–H groups in total. The van der Waals surface area contributed by atoms with Gasteiger partial charge in [-0.15, -0.1) is 0 Å². The Morgan fingerprint density at radius 1 is 1.06 bits per heavy atom. The van der Waals surface area contributed by atoms with Crippen LogP contribution in [0.1, 0.15) is 19.4 Å². The van der Waals surface area contributed by atoms with E-state index < -0.39 is 0 Å². The van der Waals surface area contributed by atoms with Crippen molar-refractivity contribution in [3.63, 3.8) is 0 Å². The van der Waals surface area contributed by atoms with Crippen LogP contribution in [0.15, 0.2) is 47.7 Å². The molecular weight excluding hydrogens is 390 g/mol. The molecule has 4 rings (SSSR count). The fourth-order valence-corrected chi connectivity index (χ4v) is 4.00. The number of anilines is 2. The van der Waals surface area contributed by atoms with E-state index in [1.165, 1.54) is 0 Å². The van der Waals surface area contributed by atoms with Gasteiger partial charge in [-0.25, -0.2) is 15.0 Å². The zero-order valence-corrected chi connectivity index (χ0v) is 18.6. The van der Waals surface area contributed by atoms with E-state index in [0.29, 0.717) is 6.54 Å². The Bertz CT molecular complexity index is 835. The molecule has 8 nitrogen and oxygen atoms in total. The minimum atomic E-state index is 0.251. The van der Waals surface area contributed by atoms with Gasteiger partial charge in [0, 0.05) is 58.2 Å². The molecule has 2 aromatic heterocycles. The van der Waals surface area contributed by atoms with Gasteiger partial charge in [0.15, 0.2) is 5.96 Å². The fraction of sp³-hybridized carbons (Fsp3) is 0.522. The van der Waals surface area contributed by atoms with E-state index in [4.69, 9.17) is 9.73 Å². The molecule has 31 heavy (non-hydrogen) atoms. The summed E-state index contributed by atoms with van der Waals surface area (Å²) >= 11 is 0. The van der Waals surface area contributed by atoms with E-state index in [0.717, 1.165) is 75.6 Å². The summed E-state index contributed by atoms with van der Waals surface area (Å²) in [6, 6.07) is 10.3. The maximum absolute atomic E-state index is 5.63. The average Bonchev–Trinajstić information content (AvgIpc) is 2.83. The number of nitrogens with zero attached hydrogens (tertiary/aromatic N) is 6. The van der Waals surface area contributed by atoms with E-state index in [-0.39, 0.29) is 6.10 Å². The highest BCUT2D eigenvalue weighted by Gasteiger charge is 2.20. The highest BCUT2D eigenvalue weighted by atomic mass is 16.5. The van der Waals surface area contributed by atoms with Gasteiger partial charge in [0.05, 0.1) is 19.3 Å². The van der Waals surface area contributed by atoms with Crippen LogP contribution >= 0.6 is 0 Å². The number of rotatable bonds is 5. The van der Waals surface area contributed by atoms with Crippen LogP contribution < -0.4 is 15.1 Å². The van der Waals surface area contributed by atoms with Gasteiger partial charge in [0.2, 0.25) is 0 Å². The SMILES string of the molecule is CCNC(=NCc1ccc(N2CCOC(C)C2)nc1)N1CCN(c2ccccn2)CC1. The summed E-state index contributed by atoms with van der Waals surface area (Å²) in [5, 5.41) is 3.44. The molecule has 166 valence electrons. The maximum atomic E-state index is 5.63. The fourth-order valence-electron chi connectivity index (χ4n) is 4.00. The molecule has 4 heterocycles. The zero-order valence-electron chi connectivity index (χ0n) is 18.6. The third-order valence-electron chi connectivity index (χ3n) is 5.67. The molecule has 2 aliphatic heterocycles. The summed E-state index contributed by atoms with van der Waals surface area (Å²) in [6.45, 7) is 12.0. The number of guanidine groups is 1. The van der Waals surface area contributed by atoms with Crippen LogP contribution in [0.3, 0.4) is 0 Å². The lowest BCUT2D eigenvalue weighted by atomic mass is 10.2. The number of hydrogen-bond donors (Lipinski definition) is 1. The zero-order chi connectivity index (χ0) is 21.5. The number of ether oxygens (including phenoxy) is 1. The van der Waals surface area contributed by atoms with Crippen molar-refractivity contribution in [3.8, 4) is 0 Å². The minimum Gasteiger partial charge on any atom is -0.375 e. The second-order valence-corrected chi connectivity index (χ2v) is 7.98. The van der Waals surface area contributed by atoms with Gasteiger partial charge in [-0.1, -0.05) is 12.1 Å². The monoisotopic (exact) mass is 423 g/mol. The summed E-state index contributed by atoms with van der Waals surface area (Å²) in [5.74, 6) is 3.03. The third-order valence-corrected chi connectivity index (χ3v) is 5.67. The Morgan fingerprint density at radius 3 is 2.58 bits per heavy atom.